The Morgan fingerprint density at radius 3 is 2.52 bits per heavy atom. The Hall–Kier alpha value is -4.11. The Morgan fingerprint density at radius 1 is 1.09 bits per heavy atom. The van der Waals surface area contributed by atoms with Crippen LogP contribution in [0.1, 0.15) is 80.3 Å². The van der Waals surface area contributed by atoms with E-state index in [4.69, 9.17) is 14.2 Å². The molecule has 0 radical (unpaired) electrons. The SMILES string of the molecule is CC[C@@H]1CN(Cc2cc(C(c3ccc4c(nnn4C)c3C)C(C)(C)C(=O)O)ccc2C)Cc2cc3c(cc2O1)OC(C)(C)O3. The summed E-state index contributed by atoms with van der Waals surface area (Å²) in [5.74, 6) is 0.327. The van der Waals surface area contributed by atoms with E-state index >= 15 is 0 Å². The molecule has 0 saturated carbocycles. The van der Waals surface area contributed by atoms with Crippen LogP contribution in [0.4, 0.5) is 0 Å². The Labute approximate surface area is 258 Å². The molecule has 232 valence electrons. The van der Waals surface area contributed by atoms with Crippen LogP contribution in [-0.2, 0) is 24.9 Å². The lowest BCUT2D eigenvalue weighted by Gasteiger charge is -2.33. The molecule has 1 unspecified atom stereocenters. The number of aryl methyl sites for hydroxylation is 3. The summed E-state index contributed by atoms with van der Waals surface area (Å²) in [6, 6.07) is 14.4. The summed E-state index contributed by atoms with van der Waals surface area (Å²) in [6.45, 7) is 15.8. The van der Waals surface area contributed by atoms with Crippen molar-refractivity contribution in [1.82, 2.24) is 19.9 Å². The number of carboxylic acid groups (broad SMARTS) is 1. The first-order valence-electron chi connectivity index (χ1n) is 15.3. The normalized spacial score (nSPS) is 18.5. The van der Waals surface area contributed by atoms with Crippen LogP contribution in [0, 0.1) is 19.3 Å². The number of rotatable bonds is 7. The molecule has 6 rings (SSSR count). The summed E-state index contributed by atoms with van der Waals surface area (Å²) in [6.07, 6.45) is 0.890. The highest BCUT2D eigenvalue weighted by atomic mass is 16.7. The third-order valence-corrected chi connectivity index (χ3v) is 9.21. The predicted molar refractivity (Wildman–Crippen MR) is 168 cm³/mol. The second-order valence-electron chi connectivity index (χ2n) is 13.3. The smallest absolute Gasteiger partial charge is 0.310 e. The van der Waals surface area contributed by atoms with Crippen molar-refractivity contribution in [2.24, 2.45) is 12.5 Å². The summed E-state index contributed by atoms with van der Waals surface area (Å²) in [7, 11) is 1.86. The number of aliphatic carboxylic acids is 1. The zero-order valence-electron chi connectivity index (χ0n) is 26.9. The van der Waals surface area contributed by atoms with E-state index in [1.54, 1.807) is 18.5 Å². The van der Waals surface area contributed by atoms with Gasteiger partial charge in [-0.05, 0) is 74.1 Å². The van der Waals surface area contributed by atoms with Crippen LogP contribution < -0.4 is 14.2 Å². The van der Waals surface area contributed by atoms with Gasteiger partial charge in [0, 0.05) is 58.1 Å². The van der Waals surface area contributed by atoms with E-state index in [0.717, 1.165) is 68.9 Å². The average molecular weight is 599 g/mol. The maximum absolute atomic E-state index is 12.7. The van der Waals surface area contributed by atoms with Gasteiger partial charge in [0.05, 0.1) is 10.9 Å². The number of ether oxygens (including phenoxy) is 3. The molecule has 0 amide bonds. The van der Waals surface area contributed by atoms with Crippen LogP contribution in [-0.4, -0.2) is 49.4 Å². The van der Waals surface area contributed by atoms with Gasteiger partial charge in [0.15, 0.2) is 11.5 Å². The molecule has 1 aromatic heterocycles. The van der Waals surface area contributed by atoms with Gasteiger partial charge in [-0.2, -0.15) is 0 Å². The monoisotopic (exact) mass is 598 g/mol. The summed E-state index contributed by atoms with van der Waals surface area (Å²) in [5.41, 5.74) is 6.88. The zero-order valence-corrected chi connectivity index (χ0v) is 26.9. The number of hydrogen-bond acceptors (Lipinski definition) is 7. The van der Waals surface area contributed by atoms with Crippen molar-refractivity contribution in [3.05, 3.63) is 75.8 Å². The minimum absolute atomic E-state index is 0.0215. The summed E-state index contributed by atoms with van der Waals surface area (Å²) in [5, 5.41) is 19.0. The van der Waals surface area contributed by atoms with Crippen molar-refractivity contribution in [3.8, 4) is 17.2 Å². The third-order valence-electron chi connectivity index (χ3n) is 9.21. The summed E-state index contributed by atoms with van der Waals surface area (Å²) < 4.78 is 20.3. The molecule has 9 nitrogen and oxygen atoms in total. The molecule has 44 heavy (non-hydrogen) atoms. The van der Waals surface area contributed by atoms with Crippen molar-refractivity contribution in [1.29, 1.82) is 0 Å². The van der Waals surface area contributed by atoms with Crippen molar-refractivity contribution >= 4 is 17.0 Å². The fourth-order valence-corrected chi connectivity index (χ4v) is 6.62. The molecule has 0 fully saturated rings. The summed E-state index contributed by atoms with van der Waals surface area (Å²) >= 11 is 0. The number of nitrogens with zero attached hydrogens (tertiary/aromatic N) is 4. The van der Waals surface area contributed by atoms with Crippen LogP contribution in [0.5, 0.6) is 17.2 Å². The summed E-state index contributed by atoms with van der Waals surface area (Å²) in [4.78, 5) is 15.1. The van der Waals surface area contributed by atoms with Crippen LogP contribution in [0.25, 0.3) is 11.0 Å². The maximum atomic E-state index is 12.7. The second-order valence-corrected chi connectivity index (χ2v) is 13.3. The van der Waals surface area contributed by atoms with E-state index in [9.17, 15) is 9.90 Å². The highest BCUT2D eigenvalue weighted by molar-refractivity contribution is 5.81. The fraction of sp³-hybridized carbons (Fsp3) is 0.457. The van der Waals surface area contributed by atoms with E-state index in [1.807, 2.05) is 52.1 Å². The Bertz CT molecular complexity index is 1760. The zero-order chi connectivity index (χ0) is 31.6. The van der Waals surface area contributed by atoms with E-state index in [0.29, 0.717) is 18.8 Å². The molecule has 9 heteroatoms. The third kappa shape index (κ3) is 5.27. The molecule has 0 bridgehead atoms. The van der Waals surface area contributed by atoms with Crippen LogP contribution in [0.3, 0.4) is 0 Å². The topological polar surface area (TPSA) is 98.9 Å². The first-order chi connectivity index (χ1) is 20.8. The highest BCUT2D eigenvalue weighted by Crippen LogP contribution is 2.46. The van der Waals surface area contributed by atoms with Gasteiger partial charge in [-0.3, -0.25) is 9.69 Å². The van der Waals surface area contributed by atoms with Crippen molar-refractivity contribution in [2.45, 2.75) is 85.8 Å². The van der Waals surface area contributed by atoms with Gasteiger partial charge in [-0.1, -0.05) is 36.4 Å². The maximum Gasteiger partial charge on any atom is 0.310 e. The lowest BCUT2D eigenvalue weighted by molar-refractivity contribution is -0.147. The minimum atomic E-state index is -1.08. The number of fused-ring (bicyclic) bond motifs is 3. The van der Waals surface area contributed by atoms with Crippen LogP contribution in [0.15, 0.2) is 42.5 Å². The van der Waals surface area contributed by atoms with E-state index in [1.165, 1.54) is 0 Å². The first-order valence-corrected chi connectivity index (χ1v) is 15.3. The number of aromatic nitrogens is 3. The molecule has 0 saturated heterocycles. The first kappa shape index (κ1) is 29.9. The van der Waals surface area contributed by atoms with E-state index in [2.05, 4.69) is 47.3 Å². The van der Waals surface area contributed by atoms with Gasteiger partial charge in [-0.15, -0.1) is 5.10 Å². The Morgan fingerprint density at radius 2 is 1.82 bits per heavy atom. The van der Waals surface area contributed by atoms with Gasteiger partial charge in [0.25, 0.3) is 0 Å². The van der Waals surface area contributed by atoms with Gasteiger partial charge >= 0.3 is 5.97 Å². The lowest BCUT2D eigenvalue weighted by Crippen LogP contribution is -2.33. The molecule has 0 aliphatic carbocycles. The molecular weight excluding hydrogens is 556 g/mol. The lowest BCUT2D eigenvalue weighted by atomic mass is 9.69. The molecule has 2 atom stereocenters. The molecule has 3 aromatic carbocycles. The standard InChI is InChI=1S/C35H42N4O5/c1-9-25-19-39(18-24-15-29-30(16-28(24)42-25)44-35(6,7)43-29)17-23-14-22(11-10-20(23)2)31(34(4,5)33(40)41)26-12-13-27-32(21(26)3)36-37-38(27)8/h10-16,25,31H,9,17-19H2,1-8H3,(H,40,41)/t25-,31?/m1/s1. The minimum Gasteiger partial charge on any atom is -0.489 e. The van der Waals surface area contributed by atoms with Crippen molar-refractivity contribution in [2.75, 3.05) is 6.54 Å². The molecule has 4 aromatic rings. The quantitative estimate of drug-likeness (QED) is 0.257. The second kappa shape index (κ2) is 10.8. The van der Waals surface area contributed by atoms with Crippen molar-refractivity contribution in [3.63, 3.8) is 0 Å². The Balaban J connectivity index is 1.37. The van der Waals surface area contributed by atoms with Gasteiger partial charge < -0.3 is 19.3 Å². The number of carboxylic acids is 1. The molecule has 0 spiro atoms. The predicted octanol–water partition coefficient (Wildman–Crippen LogP) is 6.51. The number of hydrogen-bond donors (Lipinski definition) is 1. The van der Waals surface area contributed by atoms with E-state index < -0.39 is 23.1 Å². The van der Waals surface area contributed by atoms with Crippen molar-refractivity contribution < 1.29 is 24.1 Å². The molecule has 2 aliphatic heterocycles. The molecule has 2 aliphatic rings. The highest BCUT2D eigenvalue weighted by Gasteiger charge is 2.40. The average Bonchev–Trinajstić information content (AvgIpc) is 3.42. The van der Waals surface area contributed by atoms with Crippen LogP contribution >= 0.6 is 0 Å². The Kier molecular flexibility index (Phi) is 7.35. The van der Waals surface area contributed by atoms with Crippen LogP contribution in [0.2, 0.25) is 0 Å². The van der Waals surface area contributed by atoms with Gasteiger partial charge in [0.1, 0.15) is 17.4 Å². The van der Waals surface area contributed by atoms with Gasteiger partial charge in [0.2, 0.25) is 5.79 Å². The van der Waals surface area contributed by atoms with E-state index in [-0.39, 0.29) is 6.10 Å². The largest absolute Gasteiger partial charge is 0.489 e. The van der Waals surface area contributed by atoms with Gasteiger partial charge in [-0.25, -0.2) is 4.68 Å². The molecule has 3 heterocycles. The molecular formula is C35H42N4O5. The molecule has 1 N–H and O–H groups in total. The number of benzene rings is 3. The number of carbonyl (C=O) groups is 1. The fourth-order valence-electron chi connectivity index (χ4n) is 6.62.